The van der Waals surface area contributed by atoms with Gasteiger partial charge < -0.3 is 14.9 Å². The minimum Gasteiger partial charge on any atom is -0.461 e. The number of benzene rings is 1. The topological polar surface area (TPSA) is 77.9 Å². The molecule has 7 heteroatoms. The first-order chi connectivity index (χ1) is 13.6. The van der Waals surface area contributed by atoms with Crippen LogP contribution in [0.2, 0.25) is 0 Å². The van der Waals surface area contributed by atoms with Crippen molar-refractivity contribution < 1.29 is 14.7 Å². The molecule has 2 aliphatic rings. The van der Waals surface area contributed by atoms with Crippen molar-refractivity contribution >= 4 is 35.0 Å². The number of carbonyl (C=O) groups excluding carboxylic acids is 1. The van der Waals surface area contributed by atoms with E-state index in [1.165, 1.54) is 22.2 Å². The number of H-pyrrole nitrogens is 1. The molecule has 2 N–H and O–H groups in total. The van der Waals surface area contributed by atoms with Gasteiger partial charge in [-0.15, -0.1) is 12.4 Å². The molecule has 29 heavy (non-hydrogen) atoms. The van der Waals surface area contributed by atoms with E-state index >= 15 is 0 Å². The summed E-state index contributed by atoms with van der Waals surface area (Å²) in [5, 5.41) is 14.2. The highest BCUT2D eigenvalue weighted by atomic mass is 35.5. The maximum absolute atomic E-state index is 12.3. The Hall–Kier alpha value is -2.05. The first-order valence-corrected chi connectivity index (χ1v) is 10.3. The van der Waals surface area contributed by atoms with E-state index in [4.69, 9.17) is 4.74 Å². The highest BCUT2D eigenvalue weighted by Crippen LogP contribution is 2.53. The fourth-order valence-corrected chi connectivity index (χ4v) is 5.37. The molecular formula is C22H30ClN3O3. The number of nitrogens with one attached hydrogen (secondary N) is 1. The molecule has 1 saturated heterocycles. The highest BCUT2D eigenvalue weighted by Gasteiger charge is 2.48. The maximum atomic E-state index is 12.3. The molecule has 0 amide bonds. The molecule has 6 nitrogen and oxygen atoms in total. The minimum atomic E-state index is -0.511. The maximum Gasteiger partial charge on any atom is 0.356 e. The molecule has 3 heterocycles. The third-order valence-corrected chi connectivity index (χ3v) is 6.69. The van der Waals surface area contributed by atoms with Gasteiger partial charge in [-0.1, -0.05) is 30.3 Å². The van der Waals surface area contributed by atoms with Gasteiger partial charge in [-0.2, -0.15) is 0 Å². The lowest BCUT2D eigenvalue weighted by Gasteiger charge is -2.52. The molecule has 0 saturated carbocycles. The highest BCUT2D eigenvalue weighted by molar-refractivity contribution is 6.36. The lowest BCUT2D eigenvalue weighted by molar-refractivity contribution is -0.135. The fraction of sp³-hybridized carbons (Fsp3) is 0.545. The predicted molar refractivity (Wildman–Crippen MR) is 116 cm³/mol. The summed E-state index contributed by atoms with van der Waals surface area (Å²) in [4.78, 5) is 18.6. The molecule has 0 unspecified atom stereocenters. The number of esters is 1. The Balaban J connectivity index is 0.00000240. The van der Waals surface area contributed by atoms with Crippen molar-refractivity contribution in [3.05, 3.63) is 35.5 Å². The summed E-state index contributed by atoms with van der Waals surface area (Å²) in [7, 11) is 0. The summed E-state index contributed by atoms with van der Waals surface area (Å²) < 4.78 is 5.13. The van der Waals surface area contributed by atoms with E-state index in [0.29, 0.717) is 6.42 Å². The number of aromatic nitrogens is 1. The Labute approximate surface area is 177 Å². The number of nitrogens with zero attached hydrogens (tertiary/aromatic N) is 2. The number of rotatable bonds is 5. The van der Waals surface area contributed by atoms with Crippen LogP contribution in [0.1, 0.15) is 56.8 Å². The number of fused-ring (bicyclic) bond motifs is 5. The normalized spacial score (nSPS) is 24.5. The molecule has 4 rings (SSSR count). The van der Waals surface area contributed by atoms with Gasteiger partial charge >= 0.3 is 5.97 Å². The number of para-hydroxylation sites is 1. The van der Waals surface area contributed by atoms with Crippen LogP contribution >= 0.6 is 12.4 Å². The van der Waals surface area contributed by atoms with Crippen LogP contribution in [0.5, 0.6) is 0 Å². The van der Waals surface area contributed by atoms with Crippen LogP contribution in [0.3, 0.4) is 0 Å². The summed E-state index contributed by atoms with van der Waals surface area (Å²) in [6.07, 6.45) is 4.45. The van der Waals surface area contributed by atoms with Gasteiger partial charge in [-0.25, -0.2) is 4.79 Å². The molecule has 158 valence electrons. The zero-order chi connectivity index (χ0) is 19.7. The van der Waals surface area contributed by atoms with Crippen LogP contribution in [0.15, 0.2) is 29.4 Å². The second-order valence-electron chi connectivity index (χ2n) is 8.01. The lowest BCUT2D eigenvalue weighted by Crippen LogP contribution is -2.50. The van der Waals surface area contributed by atoms with Crippen molar-refractivity contribution in [1.29, 1.82) is 0 Å². The van der Waals surface area contributed by atoms with Gasteiger partial charge in [0.25, 0.3) is 0 Å². The van der Waals surface area contributed by atoms with Crippen molar-refractivity contribution in [3.8, 4) is 0 Å². The van der Waals surface area contributed by atoms with E-state index in [1.807, 2.05) is 0 Å². The van der Waals surface area contributed by atoms with Crippen LogP contribution in [0.4, 0.5) is 0 Å². The Kier molecular flexibility index (Phi) is 6.54. The summed E-state index contributed by atoms with van der Waals surface area (Å²) in [6.45, 7) is 6.31. The standard InChI is InChI=1S/C22H29N3O3.ClH/c1-3-22(14-18(24-27)21(26)28-4-2)11-7-12-25-13-10-16-15-8-5-6-9-17(15)23-19(16)20(22)25;/h5-6,8-9,20,23,27H,3-4,7,10-14H2,1-2H3;1H/b24-18+;/t20-,22-;/m0./s1. The fourth-order valence-electron chi connectivity index (χ4n) is 5.37. The van der Waals surface area contributed by atoms with E-state index in [0.717, 1.165) is 38.8 Å². The number of carbonyl (C=O) groups is 1. The average molecular weight is 420 g/mol. The first kappa shape index (κ1) is 21.7. The summed E-state index contributed by atoms with van der Waals surface area (Å²) in [5.41, 5.74) is 3.81. The van der Waals surface area contributed by atoms with E-state index in [-0.39, 0.29) is 36.2 Å². The molecule has 0 spiro atoms. The zero-order valence-corrected chi connectivity index (χ0v) is 17.9. The third kappa shape index (κ3) is 3.64. The van der Waals surface area contributed by atoms with Gasteiger partial charge in [-0.3, -0.25) is 4.90 Å². The van der Waals surface area contributed by atoms with Crippen LogP contribution < -0.4 is 0 Å². The summed E-state index contributed by atoms with van der Waals surface area (Å²) in [6, 6.07) is 8.67. The quantitative estimate of drug-likeness (QED) is 0.324. The van der Waals surface area contributed by atoms with Crippen molar-refractivity contribution in [2.45, 2.75) is 52.0 Å². The van der Waals surface area contributed by atoms with E-state index in [2.05, 4.69) is 46.2 Å². The number of ether oxygens (including phenoxy) is 1. The second kappa shape index (κ2) is 8.76. The van der Waals surface area contributed by atoms with Crippen molar-refractivity contribution in [3.63, 3.8) is 0 Å². The number of piperidine rings is 1. The number of hydrogen-bond acceptors (Lipinski definition) is 5. The molecule has 1 aromatic heterocycles. The number of halogens is 1. The molecule has 2 aliphatic heterocycles. The lowest BCUT2D eigenvalue weighted by atomic mass is 9.65. The number of oxime groups is 1. The van der Waals surface area contributed by atoms with E-state index < -0.39 is 5.97 Å². The second-order valence-corrected chi connectivity index (χ2v) is 8.01. The van der Waals surface area contributed by atoms with Crippen LogP contribution in [-0.2, 0) is 16.0 Å². The van der Waals surface area contributed by atoms with Gasteiger partial charge in [0.05, 0.1) is 12.6 Å². The molecule has 2 aromatic rings. The monoisotopic (exact) mass is 419 g/mol. The van der Waals surface area contributed by atoms with E-state index in [1.54, 1.807) is 6.92 Å². The van der Waals surface area contributed by atoms with Gasteiger partial charge in [0.2, 0.25) is 0 Å². The molecule has 0 aliphatic carbocycles. The molecule has 0 bridgehead atoms. The van der Waals surface area contributed by atoms with Gasteiger partial charge in [-0.05, 0) is 56.2 Å². The molecular weight excluding hydrogens is 390 g/mol. The van der Waals surface area contributed by atoms with Crippen LogP contribution in [0, 0.1) is 5.41 Å². The minimum absolute atomic E-state index is 0. The Bertz CT molecular complexity index is 910. The zero-order valence-electron chi connectivity index (χ0n) is 17.1. The largest absolute Gasteiger partial charge is 0.461 e. The average Bonchev–Trinajstić information content (AvgIpc) is 3.10. The van der Waals surface area contributed by atoms with Crippen LogP contribution in [-0.4, -0.2) is 46.5 Å². The SMILES string of the molecule is CCOC(=O)/C(C[C@]1(CC)CCCN2CCc3c([nH]c4ccccc34)[C@H]21)=N/O.Cl. The van der Waals surface area contributed by atoms with Gasteiger partial charge in [0.1, 0.15) is 0 Å². The molecule has 1 fully saturated rings. The van der Waals surface area contributed by atoms with E-state index in [9.17, 15) is 10.0 Å². The van der Waals surface area contributed by atoms with Crippen LogP contribution in [0.25, 0.3) is 10.9 Å². The molecule has 2 atom stereocenters. The predicted octanol–water partition coefficient (Wildman–Crippen LogP) is 4.46. The van der Waals surface area contributed by atoms with Crippen molar-refractivity contribution in [2.75, 3.05) is 19.7 Å². The third-order valence-electron chi connectivity index (χ3n) is 6.69. The number of aromatic amines is 1. The summed E-state index contributed by atoms with van der Waals surface area (Å²) >= 11 is 0. The van der Waals surface area contributed by atoms with Crippen molar-refractivity contribution in [1.82, 2.24) is 9.88 Å². The van der Waals surface area contributed by atoms with Crippen molar-refractivity contribution in [2.24, 2.45) is 10.6 Å². The molecule has 1 aromatic carbocycles. The number of hydrogen-bond donors (Lipinski definition) is 2. The van der Waals surface area contributed by atoms with Gasteiger partial charge in [0.15, 0.2) is 5.71 Å². The Morgan fingerprint density at radius 3 is 2.86 bits per heavy atom. The Morgan fingerprint density at radius 1 is 1.34 bits per heavy atom. The Morgan fingerprint density at radius 2 is 2.14 bits per heavy atom. The summed E-state index contributed by atoms with van der Waals surface area (Å²) in [5.74, 6) is -0.511. The first-order valence-electron chi connectivity index (χ1n) is 10.3. The van der Waals surface area contributed by atoms with Gasteiger partial charge in [0, 0.05) is 29.6 Å². The molecule has 0 radical (unpaired) electrons. The smallest absolute Gasteiger partial charge is 0.356 e.